The van der Waals surface area contributed by atoms with Crippen molar-refractivity contribution in [2.45, 2.75) is 43.1 Å². The van der Waals surface area contributed by atoms with E-state index in [1.54, 1.807) is 12.1 Å². The van der Waals surface area contributed by atoms with Crippen LogP contribution in [0.25, 0.3) is 10.9 Å². The number of pyridine rings is 1. The smallest absolute Gasteiger partial charge is 0.179 e. The molecule has 0 saturated heterocycles. The second-order valence-electron chi connectivity index (χ2n) is 7.23. The van der Waals surface area contributed by atoms with Crippen LogP contribution in [0.1, 0.15) is 36.8 Å². The van der Waals surface area contributed by atoms with Crippen LogP contribution in [0.5, 0.6) is 0 Å². The van der Waals surface area contributed by atoms with Gasteiger partial charge in [-0.25, -0.2) is 8.42 Å². The lowest BCUT2D eigenvalue weighted by atomic mass is 9.87. The Labute approximate surface area is 152 Å². The number of aryl methyl sites for hydroxylation is 1. The lowest BCUT2D eigenvalue weighted by Crippen LogP contribution is -2.25. The highest BCUT2D eigenvalue weighted by atomic mass is 32.2. The van der Waals surface area contributed by atoms with E-state index in [4.69, 9.17) is 0 Å². The summed E-state index contributed by atoms with van der Waals surface area (Å²) in [5.74, 6) is 0.445. The van der Waals surface area contributed by atoms with Gasteiger partial charge in [0.25, 0.3) is 0 Å². The lowest BCUT2D eigenvalue weighted by molar-refractivity contribution is 0.105. The van der Waals surface area contributed by atoms with E-state index >= 15 is 0 Å². The van der Waals surface area contributed by atoms with Gasteiger partial charge >= 0.3 is 0 Å². The van der Waals surface area contributed by atoms with Gasteiger partial charge in [-0.1, -0.05) is 6.42 Å². The van der Waals surface area contributed by atoms with Crippen molar-refractivity contribution in [2.24, 2.45) is 5.92 Å². The molecule has 2 N–H and O–H groups in total. The quantitative estimate of drug-likeness (QED) is 0.859. The zero-order valence-electron chi connectivity index (χ0n) is 14.4. The second-order valence-corrected chi connectivity index (χ2v) is 9.31. The summed E-state index contributed by atoms with van der Waals surface area (Å²) in [5.41, 5.74) is 2.56. The Kier molecular flexibility index (Phi) is 4.33. The van der Waals surface area contributed by atoms with E-state index in [2.05, 4.69) is 16.4 Å². The Morgan fingerprint density at radius 3 is 2.96 bits per heavy atom. The summed E-state index contributed by atoms with van der Waals surface area (Å²) in [5, 5.41) is 23.5. The minimum Gasteiger partial charge on any atom is -0.393 e. The number of hydrogen-bond acceptors (Lipinski definition) is 6. The summed E-state index contributed by atoms with van der Waals surface area (Å²) in [4.78, 5) is 4.71. The molecule has 2 heterocycles. The van der Waals surface area contributed by atoms with Gasteiger partial charge in [-0.05, 0) is 49.3 Å². The molecule has 4 rings (SSSR count). The van der Waals surface area contributed by atoms with E-state index < -0.39 is 9.84 Å². The van der Waals surface area contributed by atoms with Crippen LogP contribution in [-0.4, -0.2) is 36.9 Å². The van der Waals surface area contributed by atoms with Crippen LogP contribution in [0, 0.1) is 17.2 Å². The van der Waals surface area contributed by atoms with E-state index in [1.165, 1.54) is 6.20 Å². The van der Waals surface area contributed by atoms with Crippen molar-refractivity contribution in [3.05, 3.63) is 29.5 Å². The standard InChI is InChI=1S/C19H21N3O3S/c20-9-13-11-21-16-4-5-17-15(6-7-26(17,24)25)18(16)19(13)22-10-12-2-1-3-14(23)8-12/h4-5,11-12,14,23H,1-3,6-8,10H2,(H,21,22). The average molecular weight is 371 g/mol. The van der Waals surface area contributed by atoms with Crippen LogP contribution in [0.4, 0.5) is 5.69 Å². The fourth-order valence-corrected chi connectivity index (χ4v) is 5.73. The molecule has 0 bridgehead atoms. The number of aromatic nitrogens is 1. The maximum absolute atomic E-state index is 12.3. The highest BCUT2D eigenvalue weighted by Gasteiger charge is 2.29. The average Bonchev–Trinajstić information content (AvgIpc) is 2.94. The van der Waals surface area contributed by atoms with Crippen molar-refractivity contribution in [1.29, 1.82) is 5.26 Å². The number of rotatable bonds is 3. The van der Waals surface area contributed by atoms with E-state index in [9.17, 15) is 18.8 Å². The predicted octanol–water partition coefficient (Wildman–Crippen LogP) is 2.40. The highest BCUT2D eigenvalue weighted by Crippen LogP contribution is 2.37. The molecular weight excluding hydrogens is 350 g/mol. The predicted molar refractivity (Wildman–Crippen MR) is 98.7 cm³/mol. The third kappa shape index (κ3) is 2.93. The molecule has 0 spiro atoms. The monoisotopic (exact) mass is 371 g/mol. The molecule has 136 valence electrons. The third-order valence-electron chi connectivity index (χ3n) is 5.50. The topological polar surface area (TPSA) is 103 Å². The van der Waals surface area contributed by atoms with E-state index in [1.807, 2.05) is 0 Å². The van der Waals surface area contributed by atoms with Crippen molar-refractivity contribution in [3.8, 4) is 6.07 Å². The number of nitrogens with zero attached hydrogens (tertiary/aromatic N) is 2. The minimum absolute atomic E-state index is 0.104. The van der Waals surface area contributed by atoms with Crippen LogP contribution in [0.15, 0.2) is 23.2 Å². The summed E-state index contributed by atoms with van der Waals surface area (Å²) in [6, 6.07) is 5.51. The number of aliphatic hydroxyl groups excluding tert-OH is 1. The van der Waals surface area contributed by atoms with Crippen molar-refractivity contribution in [1.82, 2.24) is 4.98 Å². The summed E-state index contributed by atoms with van der Waals surface area (Å²) < 4.78 is 24.5. The Bertz CT molecular complexity index is 1010. The van der Waals surface area contributed by atoms with Gasteiger partial charge in [0.2, 0.25) is 0 Å². The SMILES string of the molecule is N#Cc1cnc2ccc3c(c2c1NCC1CCCC(O)C1)CCS3(=O)=O. The van der Waals surface area contributed by atoms with Crippen LogP contribution in [-0.2, 0) is 16.3 Å². The lowest BCUT2D eigenvalue weighted by Gasteiger charge is -2.26. The fourth-order valence-electron chi connectivity index (χ4n) is 4.18. The number of aliphatic hydroxyl groups is 1. The van der Waals surface area contributed by atoms with E-state index in [0.29, 0.717) is 40.5 Å². The van der Waals surface area contributed by atoms with Gasteiger partial charge in [0.15, 0.2) is 9.84 Å². The molecule has 2 aliphatic rings. The Balaban J connectivity index is 1.77. The minimum atomic E-state index is -3.25. The number of sulfone groups is 1. The number of nitrogens with one attached hydrogen (secondary N) is 1. The Morgan fingerprint density at radius 2 is 2.19 bits per heavy atom. The zero-order chi connectivity index (χ0) is 18.3. The molecule has 2 aromatic rings. The summed E-state index contributed by atoms with van der Waals surface area (Å²) in [7, 11) is -3.25. The van der Waals surface area contributed by atoms with Crippen LogP contribution >= 0.6 is 0 Å². The van der Waals surface area contributed by atoms with Gasteiger partial charge in [-0.15, -0.1) is 0 Å². The van der Waals surface area contributed by atoms with Crippen LogP contribution in [0.2, 0.25) is 0 Å². The van der Waals surface area contributed by atoms with E-state index in [-0.39, 0.29) is 11.9 Å². The number of anilines is 1. The van der Waals surface area contributed by atoms with Gasteiger partial charge in [-0.2, -0.15) is 5.26 Å². The molecule has 2 unspecified atom stereocenters. The summed E-state index contributed by atoms with van der Waals surface area (Å²) in [6.45, 7) is 0.654. The third-order valence-corrected chi connectivity index (χ3v) is 7.29. The number of benzene rings is 1. The van der Waals surface area contributed by atoms with Gasteiger partial charge < -0.3 is 10.4 Å². The first-order chi connectivity index (χ1) is 12.5. The molecule has 1 aromatic heterocycles. The van der Waals surface area contributed by atoms with Crippen LogP contribution < -0.4 is 5.32 Å². The summed E-state index contributed by atoms with van der Waals surface area (Å²) in [6.07, 6.45) is 5.38. The van der Waals surface area contributed by atoms with Gasteiger partial charge in [-0.3, -0.25) is 4.98 Å². The molecule has 0 amide bonds. The van der Waals surface area contributed by atoms with Gasteiger partial charge in [0.05, 0.1) is 33.5 Å². The first-order valence-corrected chi connectivity index (χ1v) is 10.6. The molecule has 0 radical (unpaired) electrons. The molecule has 1 fully saturated rings. The molecule has 7 heteroatoms. The fraction of sp³-hybridized carbons (Fsp3) is 0.474. The van der Waals surface area contributed by atoms with Crippen molar-refractivity contribution >= 4 is 26.4 Å². The van der Waals surface area contributed by atoms with Crippen molar-refractivity contribution in [2.75, 3.05) is 17.6 Å². The number of nitriles is 1. The first kappa shape index (κ1) is 17.3. The molecule has 6 nitrogen and oxygen atoms in total. The molecular formula is C19H21N3O3S. The number of hydrogen-bond donors (Lipinski definition) is 2. The maximum Gasteiger partial charge on any atom is 0.179 e. The molecule has 1 aliphatic carbocycles. The van der Waals surface area contributed by atoms with Crippen molar-refractivity contribution < 1.29 is 13.5 Å². The Hall–Kier alpha value is -2.17. The summed E-state index contributed by atoms with van der Waals surface area (Å²) >= 11 is 0. The highest BCUT2D eigenvalue weighted by molar-refractivity contribution is 7.91. The molecule has 2 atom stereocenters. The molecule has 1 aliphatic heterocycles. The molecule has 26 heavy (non-hydrogen) atoms. The zero-order valence-corrected chi connectivity index (χ0v) is 15.2. The van der Waals surface area contributed by atoms with Gasteiger partial charge in [0.1, 0.15) is 6.07 Å². The largest absolute Gasteiger partial charge is 0.393 e. The van der Waals surface area contributed by atoms with E-state index in [0.717, 1.165) is 36.6 Å². The number of fused-ring (bicyclic) bond motifs is 3. The normalized spacial score (nSPS) is 24.2. The second kappa shape index (κ2) is 6.53. The molecule has 1 aromatic carbocycles. The first-order valence-electron chi connectivity index (χ1n) is 8.99. The maximum atomic E-state index is 12.3. The Morgan fingerprint density at radius 1 is 1.35 bits per heavy atom. The van der Waals surface area contributed by atoms with Gasteiger partial charge in [0, 0.05) is 18.1 Å². The molecule has 1 saturated carbocycles. The van der Waals surface area contributed by atoms with Crippen molar-refractivity contribution in [3.63, 3.8) is 0 Å². The van der Waals surface area contributed by atoms with Crippen LogP contribution in [0.3, 0.4) is 0 Å².